The molecule has 0 aliphatic heterocycles. The molecule has 0 spiro atoms. The lowest BCUT2D eigenvalue weighted by molar-refractivity contribution is 0.264. The van der Waals surface area contributed by atoms with E-state index in [1.54, 1.807) is 12.1 Å². The van der Waals surface area contributed by atoms with Crippen molar-refractivity contribution in [3.63, 3.8) is 0 Å². The number of hydrogen-bond acceptors (Lipinski definition) is 3. The predicted octanol–water partition coefficient (Wildman–Crippen LogP) is 1.54. The Bertz CT molecular complexity index is 293. The Hall–Kier alpha value is -0.580. The second-order valence-corrected chi connectivity index (χ2v) is 3.49. The lowest BCUT2D eigenvalue weighted by atomic mass is 10.1. The fraction of sp³-hybridized carbons (Fsp3) is 0.333. The molecule has 1 aromatic carbocycles. The summed E-state index contributed by atoms with van der Waals surface area (Å²) < 4.78 is 13.3. The van der Waals surface area contributed by atoms with Gasteiger partial charge in [0.2, 0.25) is 0 Å². The third-order valence-electron chi connectivity index (χ3n) is 1.80. The van der Waals surface area contributed by atoms with E-state index in [1.165, 1.54) is 17.8 Å². The minimum Gasteiger partial charge on any atom is -0.394 e. The first-order chi connectivity index (χ1) is 6.20. The van der Waals surface area contributed by atoms with Crippen LogP contribution in [0, 0.1) is 5.82 Å². The first-order valence-electron chi connectivity index (χ1n) is 3.89. The molecule has 0 bridgehead atoms. The fourth-order valence-electron chi connectivity index (χ4n) is 1.15. The Morgan fingerprint density at radius 3 is 2.85 bits per heavy atom. The van der Waals surface area contributed by atoms with Crippen molar-refractivity contribution in [2.24, 2.45) is 5.73 Å². The Morgan fingerprint density at radius 1 is 1.62 bits per heavy atom. The Labute approximate surface area is 80.9 Å². The minimum atomic E-state index is -0.636. The number of halogens is 1. The molecule has 1 atom stereocenters. The van der Waals surface area contributed by atoms with Crippen molar-refractivity contribution in [1.82, 2.24) is 0 Å². The van der Waals surface area contributed by atoms with E-state index in [9.17, 15) is 4.39 Å². The van der Waals surface area contributed by atoms with Gasteiger partial charge in [-0.3, -0.25) is 0 Å². The molecule has 0 heterocycles. The van der Waals surface area contributed by atoms with E-state index in [-0.39, 0.29) is 12.4 Å². The van der Waals surface area contributed by atoms with Crippen LogP contribution in [-0.4, -0.2) is 18.0 Å². The van der Waals surface area contributed by atoms with Crippen LogP contribution in [0.5, 0.6) is 0 Å². The summed E-state index contributed by atoms with van der Waals surface area (Å²) in [5, 5.41) is 8.83. The van der Waals surface area contributed by atoms with Gasteiger partial charge in [0.25, 0.3) is 0 Å². The second-order valence-electron chi connectivity index (χ2n) is 2.64. The van der Waals surface area contributed by atoms with Crippen LogP contribution in [-0.2, 0) is 0 Å². The van der Waals surface area contributed by atoms with Crippen molar-refractivity contribution >= 4 is 11.8 Å². The van der Waals surface area contributed by atoms with Crippen LogP contribution in [0.1, 0.15) is 11.6 Å². The molecule has 0 saturated carbocycles. The fourth-order valence-corrected chi connectivity index (χ4v) is 1.83. The van der Waals surface area contributed by atoms with Crippen LogP contribution in [0.25, 0.3) is 0 Å². The molecule has 0 aliphatic rings. The zero-order valence-corrected chi connectivity index (χ0v) is 8.14. The van der Waals surface area contributed by atoms with Crippen LogP contribution in [0.15, 0.2) is 23.1 Å². The number of thioether (sulfide) groups is 1. The zero-order chi connectivity index (χ0) is 9.84. The summed E-state index contributed by atoms with van der Waals surface area (Å²) in [6, 6.07) is 4.14. The number of aliphatic hydroxyl groups excluding tert-OH is 1. The standard InChI is InChI=1S/C9H12FNOS/c1-13-8-4-2-3-6(10)9(8)7(11)5-12/h2-4,7,12H,5,11H2,1H3. The normalized spacial score (nSPS) is 12.9. The summed E-state index contributed by atoms with van der Waals surface area (Å²) in [7, 11) is 0. The summed E-state index contributed by atoms with van der Waals surface area (Å²) >= 11 is 1.42. The molecule has 3 N–H and O–H groups in total. The molecule has 0 amide bonds. The molecule has 2 nitrogen and oxygen atoms in total. The smallest absolute Gasteiger partial charge is 0.129 e. The topological polar surface area (TPSA) is 46.2 Å². The highest BCUT2D eigenvalue weighted by Crippen LogP contribution is 2.26. The van der Waals surface area contributed by atoms with E-state index >= 15 is 0 Å². The van der Waals surface area contributed by atoms with Crippen LogP contribution in [0.3, 0.4) is 0 Å². The monoisotopic (exact) mass is 201 g/mol. The van der Waals surface area contributed by atoms with Crippen molar-refractivity contribution < 1.29 is 9.50 Å². The third-order valence-corrected chi connectivity index (χ3v) is 2.60. The van der Waals surface area contributed by atoms with Gasteiger partial charge in [-0.1, -0.05) is 6.07 Å². The van der Waals surface area contributed by atoms with E-state index in [2.05, 4.69) is 0 Å². The van der Waals surface area contributed by atoms with E-state index in [0.29, 0.717) is 5.56 Å². The number of nitrogens with two attached hydrogens (primary N) is 1. The maximum Gasteiger partial charge on any atom is 0.129 e. The highest BCUT2D eigenvalue weighted by atomic mass is 32.2. The van der Waals surface area contributed by atoms with Gasteiger partial charge in [0.1, 0.15) is 5.82 Å². The summed E-state index contributed by atoms with van der Waals surface area (Å²) in [6.07, 6.45) is 1.85. The van der Waals surface area contributed by atoms with Gasteiger partial charge in [-0.05, 0) is 18.4 Å². The van der Waals surface area contributed by atoms with Crippen molar-refractivity contribution in [1.29, 1.82) is 0 Å². The average Bonchev–Trinajstić information content (AvgIpc) is 2.16. The molecule has 1 aromatic rings. The minimum absolute atomic E-state index is 0.242. The van der Waals surface area contributed by atoms with Gasteiger partial charge in [0.15, 0.2) is 0 Å². The SMILES string of the molecule is CSc1cccc(F)c1C(N)CO. The third kappa shape index (κ3) is 2.21. The van der Waals surface area contributed by atoms with Crippen LogP contribution >= 0.6 is 11.8 Å². The Balaban J connectivity index is 3.14. The molecular weight excluding hydrogens is 189 g/mol. The van der Waals surface area contributed by atoms with Crippen molar-refractivity contribution in [3.8, 4) is 0 Å². The van der Waals surface area contributed by atoms with Gasteiger partial charge >= 0.3 is 0 Å². The lowest BCUT2D eigenvalue weighted by Crippen LogP contribution is -2.17. The van der Waals surface area contributed by atoms with Gasteiger partial charge < -0.3 is 10.8 Å². The van der Waals surface area contributed by atoms with Gasteiger partial charge in [0.05, 0.1) is 12.6 Å². The largest absolute Gasteiger partial charge is 0.394 e. The Kier molecular flexibility index (Phi) is 3.71. The summed E-state index contributed by atoms with van der Waals surface area (Å²) in [5.74, 6) is -0.353. The van der Waals surface area contributed by atoms with Gasteiger partial charge in [-0.25, -0.2) is 4.39 Å². The summed E-state index contributed by atoms with van der Waals surface area (Å²) in [4.78, 5) is 0.779. The predicted molar refractivity (Wildman–Crippen MR) is 52.2 cm³/mol. The van der Waals surface area contributed by atoms with E-state index < -0.39 is 6.04 Å². The van der Waals surface area contributed by atoms with Crippen LogP contribution in [0.4, 0.5) is 4.39 Å². The molecule has 0 fully saturated rings. The van der Waals surface area contributed by atoms with Crippen molar-refractivity contribution in [3.05, 3.63) is 29.6 Å². The van der Waals surface area contributed by atoms with Gasteiger partial charge in [0, 0.05) is 10.5 Å². The number of hydrogen-bond donors (Lipinski definition) is 2. The quantitative estimate of drug-likeness (QED) is 0.729. The Morgan fingerprint density at radius 2 is 2.31 bits per heavy atom. The molecular formula is C9H12FNOS. The van der Waals surface area contributed by atoms with Crippen molar-refractivity contribution in [2.45, 2.75) is 10.9 Å². The zero-order valence-electron chi connectivity index (χ0n) is 7.33. The van der Waals surface area contributed by atoms with E-state index in [1.807, 2.05) is 6.26 Å². The van der Waals surface area contributed by atoms with Crippen LogP contribution in [0.2, 0.25) is 0 Å². The molecule has 1 rings (SSSR count). The average molecular weight is 201 g/mol. The molecule has 0 aromatic heterocycles. The highest BCUT2D eigenvalue weighted by molar-refractivity contribution is 7.98. The second kappa shape index (κ2) is 4.60. The maximum atomic E-state index is 13.3. The molecule has 4 heteroatoms. The molecule has 13 heavy (non-hydrogen) atoms. The number of benzene rings is 1. The van der Waals surface area contributed by atoms with Gasteiger partial charge in [-0.15, -0.1) is 11.8 Å². The van der Waals surface area contributed by atoms with Crippen LogP contribution < -0.4 is 5.73 Å². The van der Waals surface area contributed by atoms with E-state index in [0.717, 1.165) is 4.90 Å². The molecule has 0 saturated heterocycles. The number of aliphatic hydroxyl groups is 1. The van der Waals surface area contributed by atoms with E-state index in [4.69, 9.17) is 10.8 Å². The molecule has 72 valence electrons. The highest BCUT2D eigenvalue weighted by Gasteiger charge is 2.14. The number of rotatable bonds is 3. The first-order valence-corrected chi connectivity index (χ1v) is 5.12. The lowest BCUT2D eigenvalue weighted by Gasteiger charge is -2.13. The summed E-state index contributed by atoms with van der Waals surface area (Å²) in [5.41, 5.74) is 5.97. The van der Waals surface area contributed by atoms with Crippen molar-refractivity contribution in [2.75, 3.05) is 12.9 Å². The molecule has 0 aliphatic carbocycles. The summed E-state index contributed by atoms with van der Waals surface area (Å²) in [6.45, 7) is -0.242. The molecule has 1 unspecified atom stereocenters. The first kappa shape index (κ1) is 10.5. The molecule has 0 radical (unpaired) electrons. The maximum absolute atomic E-state index is 13.3. The van der Waals surface area contributed by atoms with Gasteiger partial charge in [-0.2, -0.15) is 0 Å².